The van der Waals surface area contributed by atoms with E-state index >= 15 is 0 Å². The third-order valence-corrected chi connectivity index (χ3v) is 3.17. The van der Waals surface area contributed by atoms with E-state index in [1.807, 2.05) is 6.07 Å². The molecule has 0 saturated heterocycles. The number of aromatic hydroxyl groups is 1. The predicted molar refractivity (Wildman–Crippen MR) is 80.6 cm³/mol. The van der Waals surface area contributed by atoms with Crippen LogP contribution in [-0.2, 0) is 0 Å². The molecule has 0 fully saturated rings. The molecule has 0 atom stereocenters. The van der Waals surface area contributed by atoms with Crippen molar-refractivity contribution < 1.29 is 9.90 Å². The average Bonchev–Trinajstić information content (AvgIpc) is 2.48. The molecule has 0 spiro atoms. The molecule has 3 aromatic rings. The molecule has 0 unspecified atom stereocenters. The summed E-state index contributed by atoms with van der Waals surface area (Å²) in [5, 5.41) is 14.1. The maximum Gasteiger partial charge on any atom is 0.275 e. The highest BCUT2D eigenvalue weighted by atomic mass is 35.5. The van der Waals surface area contributed by atoms with Gasteiger partial charge in [-0.1, -0.05) is 35.9 Å². The van der Waals surface area contributed by atoms with E-state index in [4.69, 9.17) is 11.6 Å². The summed E-state index contributed by atoms with van der Waals surface area (Å²) in [5.74, 6) is -0.257. The summed E-state index contributed by atoms with van der Waals surface area (Å²) in [6.45, 7) is 0. The largest absolute Gasteiger partial charge is 0.507 e. The Morgan fingerprint density at radius 2 is 1.86 bits per heavy atom. The van der Waals surface area contributed by atoms with Gasteiger partial charge in [0.2, 0.25) is 0 Å². The van der Waals surface area contributed by atoms with Gasteiger partial charge in [0, 0.05) is 16.5 Å². The number of halogens is 1. The molecule has 1 amide bonds. The number of nitrogens with one attached hydrogen (secondary N) is 1. The smallest absolute Gasteiger partial charge is 0.275 e. The summed E-state index contributed by atoms with van der Waals surface area (Å²) in [4.78, 5) is 19.9. The number of rotatable bonds is 2. The Labute approximate surface area is 125 Å². The van der Waals surface area contributed by atoms with Crippen molar-refractivity contribution >= 4 is 34.0 Å². The second-order valence-electron chi connectivity index (χ2n) is 4.36. The fraction of sp³-hybridized carbons (Fsp3) is 0. The Morgan fingerprint density at radius 1 is 1.10 bits per heavy atom. The number of hydrogen-bond donors (Lipinski definition) is 2. The van der Waals surface area contributed by atoms with Gasteiger partial charge in [-0.3, -0.25) is 9.78 Å². The molecule has 5 nitrogen and oxygen atoms in total. The lowest BCUT2D eigenvalue weighted by atomic mass is 10.1. The van der Waals surface area contributed by atoms with Crippen LogP contribution in [0.4, 0.5) is 5.69 Å². The third kappa shape index (κ3) is 2.64. The lowest BCUT2D eigenvalue weighted by Gasteiger charge is -2.09. The van der Waals surface area contributed by atoms with Crippen LogP contribution in [0.3, 0.4) is 0 Å². The van der Waals surface area contributed by atoms with Crippen molar-refractivity contribution in [3.05, 3.63) is 59.6 Å². The molecule has 104 valence electrons. The summed E-state index contributed by atoms with van der Waals surface area (Å²) in [5.41, 5.74) is 0.704. The van der Waals surface area contributed by atoms with Crippen LogP contribution >= 0.6 is 11.6 Å². The molecule has 1 heterocycles. The Hall–Kier alpha value is -2.66. The predicted octanol–water partition coefficient (Wildman–Crippen LogP) is 3.24. The first-order valence-corrected chi connectivity index (χ1v) is 6.52. The summed E-state index contributed by atoms with van der Waals surface area (Å²) >= 11 is 5.72. The zero-order valence-electron chi connectivity index (χ0n) is 10.7. The molecule has 0 saturated carbocycles. The van der Waals surface area contributed by atoms with Crippen LogP contribution in [-0.4, -0.2) is 21.0 Å². The second-order valence-corrected chi connectivity index (χ2v) is 4.75. The Balaban J connectivity index is 1.99. The van der Waals surface area contributed by atoms with E-state index < -0.39 is 5.91 Å². The van der Waals surface area contributed by atoms with E-state index in [0.717, 1.165) is 5.39 Å². The molecule has 0 bridgehead atoms. The van der Waals surface area contributed by atoms with Crippen LogP contribution in [0.5, 0.6) is 5.75 Å². The van der Waals surface area contributed by atoms with Crippen molar-refractivity contribution in [2.24, 2.45) is 0 Å². The van der Waals surface area contributed by atoms with E-state index in [9.17, 15) is 9.90 Å². The molecule has 2 aromatic carbocycles. The number of phenols is 1. The van der Waals surface area contributed by atoms with E-state index in [0.29, 0.717) is 11.1 Å². The highest BCUT2D eigenvalue weighted by Crippen LogP contribution is 2.29. The van der Waals surface area contributed by atoms with Gasteiger partial charge in [0.05, 0.1) is 12.4 Å². The maximum absolute atomic E-state index is 12.2. The van der Waals surface area contributed by atoms with Gasteiger partial charge in [0.15, 0.2) is 0 Å². The molecule has 2 N–H and O–H groups in total. The second kappa shape index (κ2) is 5.38. The Morgan fingerprint density at radius 3 is 2.67 bits per heavy atom. The van der Waals surface area contributed by atoms with Crippen molar-refractivity contribution in [3.63, 3.8) is 0 Å². The van der Waals surface area contributed by atoms with Crippen LogP contribution in [0, 0.1) is 0 Å². The quantitative estimate of drug-likeness (QED) is 0.761. The van der Waals surface area contributed by atoms with Gasteiger partial charge >= 0.3 is 0 Å². The van der Waals surface area contributed by atoms with Crippen LogP contribution in [0.2, 0.25) is 5.15 Å². The lowest BCUT2D eigenvalue weighted by Crippen LogP contribution is -2.14. The first-order chi connectivity index (χ1) is 10.1. The number of anilines is 1. The van der Waals surface area contributed by atoms with Gasteiger partial charge in [-0.2, -0.15) is 0 Å². The zero-order chi connectivity index (χ0) is 14.8. The van der Waals surface area contributed by atoms with Crippen LogP contribution < -0.4 is 5.32 Å². The molecule has 0 aliphatic carbocycles. The third-order valence-electron chi connectivity index (χ3n) is 2.99. The standard InChI is InChI=1S/C15H10ClN3O2/c16-14-8-17-7-12(18-14)15(21)19-11-5-1-4-10-9(11)3-2-6-13(10)20/h1-8,20H,(H,19,21). The van der Waals surface area contributed by atoms with Gasteiger partial charge in [-0.25, -0.2) is 4.98 Å². The number of amides is 1. The number of aromatic nitrogens is 2. The van der Waals surface area contributed by atoms with Crippen LogP contribution in [0.1, 0.15) is 10.5 Å². The van der Waals surface area contributed by atoms with E-state index in [1.165, 1.54) is 12.4 Å². The molecule has 3 rings (SSSR count). The zero-order valence-corrected chi connectivity index (χ0v) is 11.5. The van der Waals surface area contributed by atoms with Crippen molar-refractivity contribution in [1.29, 1.82) is 0 Å². The van der Waals surface area contributed by atoms with Gasteiger partial charge < -0.3 is 10.4 Å². The molecule has 0 aliphatic heterocycles. The Kier molecular flexibility index (Phi) is 3.41. The van der Waals surface area contributed by atoms with Gasteiger partial charge in [0.25, 0.3) is 5.91 Å². The lowest BCUT2D eigenvalue weighted by molar-refractivity contribution is 0.102. The topological polar surface area (TPSA) is 75.1 Å². The normalized spacial score (nSPS) is 10.5. The number of carbonyl (C=O) groups is 1. The minimum atomic E-state index is -0.416. The molecule has 0 aliphatic rings. The van der Waals surface area contributed by atoms with Crippen molar-refractivity contribution in [3.8, 4) is 5.75 Å². The van der Waals surface area contributed by atoms with Gasteiger partial charge in [0.1, 0.15) is 16.6 Å². The number of nitrogens with zero attached hydrogens (tertiary/aromatic N) is 2. The molecule has 0 radical (unpaired) electrons. The molecular formula is C15H10ClN3O2. The summed E-state index contributed by atoms with van der Waals surface area (Å²) in [6.07, 6.45) is 2.69. The average molecular weight is 300 g/mol. The fourth-order valence-electron chi connectivity index (χ4n) is 2.04. The summed E-state index contributed by atoms with van der Waals surface area (Å²) in [7, 11) is 0. The molecule has 21 heavy (non-hydrogen) atoms. The van der Waals surface area contributed by atoms with E-state index in [-0.39, 0.29) is 16.6 Å². The van der Waals surface area contributed by atoms with E-state index in [1.54, 1.807) is 30.3 Å². The fourth-order valence-corrected chi connectivity index (χ4v) is 2.19. The van der Waals surface area contributed by atoms with Gasteiger partial charge in [-0.15, -0.1) is 0 Å². The number of benzene rings is 2. The summed E-state index contributed by atoms with van der Waals surface area (Å²) < 4.78 is 0. The Bertz CT molecular complexity index is 836. The number of hydrogen-bond acceptors (Lipinski definition) is 4. The van der Waals surface area contributed by atoms with Crippen molar-refractivity contribution in [2.45, 2.75) is 0 Å². The SMILES string of the molecule is O=C(Nc1cccc2c(O)cccc12)c1cncc(Cl)n1. The van der Waals surface area contributed by atoms with E-state index in [2.05, 4.69) is 15.3 Å². The van der Waals surface area contributed by atoms with Crippen molar-refractivity contribution in [1.82, 2.24) is 9.97 Å². The minimum Gasteiger partial charge on any atom is -0.507 e. The maximum atomic E-state index is 12.2. The first kappa shape index (κ1) is 13.3. The molecule has 1 aromatic heterocycles. The minimum absolute atomic E-state index is 0.125. The van der Waals surface area contributed by atoms with Crippen molar-refractivity contribution in [2.75, 3.05) is 5.32 Å². The number of fused-ring (bicyclic) bond motifs is 1. The molecule has 6 heteroatoms. The van der Waals surface area contributed by atoms with Crippen LogP contribution in [0.25, 0.3) is 10.8 Å². The number of phenolic OH excluding ortho intramolecular Hbond substituents is 1. The highest BCUT2D eigenvalue weighted by molar-refractivity contribution is 6.29. The monoisotopic (exact) mass is 299 g/mol. The summed E-state index contributed by atoms with van der Waals surface area (Å²) in [6, 6.07) is 10.4. The number of carbonyl (C=O) groups excluding carboxylic acids is 1. The highest BCUT2D eigenvalue weighted by Gasteiger charge is 2.11. The van der Waals surface area contributed by atoms with Gasteiger partial charge in [-0.05, 0) is 12.1 Å². The first-order valence-electron chi connectivity index (χ1n) is 6.15. The van der Waals surface area contributed by atoms with Crippen LogP contribution in [0.15, 0.2) is 48.8 Å². The molecular weight excluding hydrogens is 290 g/mol.